The Morgan fingerprint density at radius 2 is 1.90 bits per heavy atom. The summed E-state index contributed by atoms with van der Waals surface area (Å²) in [6.07, 6.45) is 9.96. The van der Waals surface area contributed by atoms with Crippen LogP contribution in [0.3, 0.4) is 0 Å². The molecule has 2 aromatic rings. The van der Waals surface area contributed by atoms with E-state index in [4.69, 9.17) is 0 Å². The molecule has 148 valence electrons. The molecule has 0 radical (unpaired) electrons. The molecule has 0 spiro atoms. The second-order valence-electron chi connectivity index (χ2n) is 7.72. The Labute approximate surface area is 175 Å². The Morgan fingerprint density at radius 1 is 1.10 bits per heavy atom. The van der Waals surface area contributed by atoms with Crippen LogP contribution in [0.25, 0.3) is 6.08 Å². The molecule has 5 rings (SSSR count). The summed E-state index contributed by atoms with van der Waals surface area (Å²) >= 11 is 0. The molecular weight excluding hydrogens is 374 g/mol. The largest absolute Gasteiger partial charge is 0.376 e. The fourth-order valence-electron chi connectivity index (χ4n) is 4.32. The van der Waals surface area contributed by atoms with Gasteiger partial charge in [0, 0.05) is 31.3 Å². The number of anilines is 1. The number of carbonyl (C=O) groups excluding carboxylic acids is 1. The number of para-hydroxylation sites is 1. The first kappa shape index (κ1) is 18.3. The molecule has 0 bridgehead atoms. The first-order chi connectivity index (χ1) is 14.7. The van der Waals surface area contributed by atoms with Gasteiger partial charge in [0.15, 0.2) is 17.6 Å². The molecule has 1 saturated heterocycles. The number of benzene rings is 2. The van der Waals surface area contributed by atoms with Crippen molar-refractivity contribution in [3.8, 4) is 6.19 Å². The average molecular weight is 396 g/mol. The fraction of sp³-hybridized carbons (Fsp3) is 0.208. The molecule has 2 aromatic carbocycles. The van der Waals surface area contributed by atoms with E-state index in [0.717, 1.165) is 48.4 Å². The highest BCUT2D eigenvalue weighted by Gasteiger charge is 2.47. The Bertz CT molecular complexity index is 1140. The number of amidine groups is 1. The van der Waals surface area contributed by atoms with Crippen LogP contribution in [0, 0.1) is 11.5 Å². The van der Waals surface area contributed by atoms with Crippen molar-refractivity contribution in [3.05, 3.63) is 77.6 Å². The number of amides is 1. The number of fused-ring (bicyclic) bond motifs is 3. The lowest BCUT2D eigenvalue weighted by Crippen LogP contribution is -2.44. The Balaban J connectivity index is 1.54. The number of nitrogens with zero attached hydrogens (tertiary/aromatic N) is 4. The predicted molar refractivity (Wildman–Crippen MR) is 118 cm³/mol. The number of hydrogen-bond donors (Lipinski definition) is 1. The molecule has 3 heterocycles. The maximum atomic E-state index is 12.9. The van der Waals surface area contributed by atoms with Crippen LogP contribution in [0.2, 0.25) is 0 Å². The van der Waals surface area contributed by atoms with Crippen molar-refractivity contribution in [1.29, 1.82) is 5.26 Å². The van der Waals surface area contributed by atoms with Crippen molar-refractivity contribution in [3.63, 3.8) is 0 Å². The van der Waals surface area contributed by atoms with Crippen molar-refractivity contribution in [1.82, 2.24) is 9.38 Å². The lowest BCUT2D eigenvalue weighted by Gasteiger charge is -2.27. The molecule has 1 amide bonds. The van der Waals surface area contributed by atoms with Gasteiger partial charge in [-0.25, -0.2) is 0 Å². The highest BCUT2D eigenvalue weighted by Crippen LogP contribution is 2.43. The van der Waals surface area contributed by atoms with Gasteiger partial charge in [0.25, 0.3) is 11.7 Å². The minimum absolute atomic E-state index is 0.0909. The zero-order valence-corrected chi connectivity index (χ0v) is 16.6. The van der Waals surface area contributed by atoms with Crippen LogP contribution in [0.15, 0.2) is 71.5 Å². The molecule has 3 aliphatic rings. The first-order valence-corrected chi connectivity index (χ1v) is 10.2. The number of aliphatic imine (C=N–C) groups is 1. The molecule has 3 aliphatic heterocycles. The average Bonchev–Trinajstić information content (AvgIpc) is 3.46. The summed E-state index contributed by atoms with van der Waals surface area (Å²) in [4.78, 5) is 19.4. The van der Waals surface area contributed by atoms with Gasteiger partial charge in [0.05, 0.1) is 5.69 Å². The van der Waals surface area contributed by atoms with Crippen LogP contribution in [-0.2, 0) is 11.3 Å². The highest BCUT2D eigenvalue weighted by atomic mass is 16.2. The van der Waals surface area contributed by atoms with E-state index in [1.807, 2.05) is 53.5 Å². The van der Waals surface area contributed by atoms with E-state index in [2.05, 4.69) is 28.6 Å². The minimum Gasteiger partial charge on any atom is -0.376 e. The second kappa shape index (κ2) is 7.29. The van der Waals surface area contributed by atoms with Crippen LogP contribution < -0.4 is 9.80 Å². The van der Waals surface area contributed by atoms with Gasteiger partial charge in [0.1, 0.15) is 0 Å². The van der Waals surface area contributed by atoms with Crippen LogP contribution in [0.1, 0.15) is 24.0 Å². The van der Waals surface area contributed by atoms with Gasteiger partial charge in [-0.15, -0.1) is 9.74 Å². The second-order valence-corrected chi connectivity index (χ2v) is 7.72. The summed E-state index contributed by atoms with van der Waals surface area (Å²) in [6.45, 7) is 2.15. The monoisotopic (exact) mass is 396 g/mol. The van der Waals surface area contributed by atoms with Gasteiger partial charge in [-0.05, 0) is 36.6 Å². The molecule has 6 heteroatoms. The van der Waals surface area contributed by atoms with Gasteiger partial charge in [-0.2, -0.15) is 4.99 Å². The van der Waals surface area contributed by atoms with Gasteiger partial charge in [0.2, 0.25) is 0 Å². The summed E-state index contributed by atoms with van der Waals surface area (Å²) in [5.74, 6) is 0.466. The van der Waals surface area contributed by atoms with Crippen LogP contribution >= 0.6 is 0 Å². The molecule has 1 atom stereocenters. The SMILES string of the molecule is N#C[N+]12C=C(C(=O)N3CCCC3)N=C1C=Cc1cccc(NCc3ccccc3)c12. The molecule has 30 heavy (non-hydrogen) atoms. The first-order valence-electron chi connectivity index (χ1n) is 10.2. The zero-order chi connectivity index (χ0) is 20.6. The van der Waals surface area contributed by atoms with E-state index in [-0.39, 0.29) is 10.4 Å². The maximum Gasteiger partial charge on any atom is 0.326 e. The normalized spacial score (nSPS) is 21.4. The number of hydrogen-bond acceptors (Lipinski definition) is 4. The van der Waals surface area contributed by atoms with Crippen LogP contribution in [0.4, 0.5) is 11.4 Å². The molecule has 0 saturated carbocycles. The topological polar surface area (TPSA) is 68.5 Å². The lowest BCUT2D eigenvalue weighted by atomic mass is 10.0. The third-order valence-electron chi connectivity index (χ3n) is 5.84. The summed E-state index contributed by atoms with van der Waals surface area (Å²) < 4.78 is -0.210. The van der Waals surface area contributed by atoms with Crippen molar-refractivity contribution in [2.75, 3.05) is 18.4 Å². The predicted octanol–water partition coefficient (Wildman–Crippen LogP) is 3.99. The Kier molecular flexibility index (Phi) is 4.46. The van der Waals surface area contributed by atoms with Crippen molar-refractivity contribution < 1.29 is 4.79 Å². The third kappa shape index (κ3) is 2.92. The Morgan fingerprint density at radius 3 is 2.67 bits per heavy atom. The number of nitriles is 1. The lowest BCUT2D eigenvalue weighted by molar-refractivity contribution is -0.126. The van der Waals surface area contributed by atoms with E-state index >= 15 is 0 Å². The number of carbonyl (C=O) groups is 1. The smallest absolute Gasteiger partial charge is 0.326 e. The zero-order valence-electron chi connectivity index (χ0n) is 16.6. The van der Waals surface area contributed by atoms with Gasteiger partial charge >= 0.3 is 6.19 Å². The number of rotatable bonds is 4. The van der Waals surface area contributed by atoms with E-state index in [1.54, 1.807) is 6.20 Å². The van der Waals surface area contributed by atoms with Crippen molar-refractivity contribution in [2.45, 2.75) is 19.4 Å². The van der Waals surface area contributed by atoms with E-state index < -0.39 is 0 Å². The van der Waals surface area contributed by atoms with Crippen molar-refractivity contribution in [2.24, 2.45) is 4.99 Å². The van der Waals surface area contributed by atoms with Crippen molar-refractivity contribution >= 4 is 29.2 Å². The van der Waals surface area contributed by atoms with Crippen LogP contribution in [0.5, 0.6) is 0 Å². The summed E-state index contributed by atoms with van der Waals surface area (Å²) in [5.41, 5.74) is 4.12. The molecule has 0 aliphatic carbocycles. The minimum atomic E-state index is -0.210. The molecule has 0 aromatic heterocycles. The van der Waals surface area contributed by atoms with Gasteiger partial charge < -0.3 is 10.2 Å². The van der Waals surface area contributed by atoms with E-state index in [9.17, 15) is 10.1 Å². The molecule has 1 N–H and O–H groups in total. The maximum absolute atomic E-state index is 12.9. The Hall–Kier alpha value is -3.69. The molecular formula is C24H22N5O+. The summed E-state index contributed by atoms with van der Waals surface area (Å²) in [5, 5.41) is 13.8. The van der Waals surface area contributed by atoms with Gasteiger partial charge in [-0.1, -0.05) is 36.4 Å². The molecule has 1 unspecified atom stereocenters. The summed E-state index contributed by atoms with van der Waals surface area (Å²) in [6, 6.07) is 16.1. The molecule has 1 fully saturated rings. The number of likely N-dealkylation sites (tertiary alicyclic amines) is 1. The standard InChI is InChI=1S/C24H22N5O/c25-17-29-16-21(24(30)28-13-4-5-14-28)27-22(29)12-11-19-9-6-10-20(23(19)29)26-15-18-7-2-1-3-8-18/h1-3,6-12,16,26H,4-5,13-15H2/q+1. The molecule has 6 nitrogen and oxygen atoms in total. The number of nitrogens with one attached hydrogen (secondary N) is 1. The summed E-state index contributed by atoms with van der Waals surface area (Å²) in [7, 11) is 0. The van der Waals surface area contributed by atoms with Gasteiger partial charge in [-0.3, -0.25) is 4.79 Å². The quantitative estimate of drug-likeness (QED) is 0.628. The van der Waals surface area contributed by atoms with E-state index in [0.29, 0.717) is 18.1 Å². The number of quaternary nitrogens is 1. The van der Waals surface area contributed by atoms with Crippen LogP contribution in [-0.4, -0.2) is 29.7 Å². The van der Waals surface area contributed by atoms with E-state index in [1.165, 1.54) is 0 Å². The highest BCUT2D eigenvalue weighted by molar-refractivity contribution is 6.17. The fourth-order valence-corrected chi connectivity index (χ4v) is 4.32. The third-order valence-corrected chi connectivity index (χ3v) is 5.84.